The molecule has 1 aliphatic rings. The Balaban J connectivity index is 1.83. The van der Waals surface area contributed by atoms with Crippen LogP contribution < -0.4 is 5.56 Å². The number of para-hydroxylation sites is 2. The van der Waals surface area contributed by atoms with Gasteiger partial charge in [-0.05, 0) is 49.9 Å². The van der Waals surface area contributed by atoms with Gasteiger partial charge in [-0.3, -0.25) is 14.2 Å². The molecule has 2 aromatic carbocycles. The van der Waals surface area contributed by atoms with Crippen molar-refractivity contribution in [2.24, 2.45) is 0 Å². The first kappa shape index (κ1) is 19.7. The van der Waals surface area contributed by atoms with Crippen LogP contribution in [0.3, 0.4) is 0 Å². The largest absolute Gasteiger partial charge is 0.342 e. The summed E-state index contributed by atoms with van der Waals surface area (Å²) in [6.45, 7) is 5.62. The minimum Gasteiger partial charge on any atom is -0.342 e. The molecule has 1 saturated heterocycles. The summed E-state index contributed by atoms with van der Waals surface area (Å²) in [5.41, 5.74) is 2.47. The second-order valence-electron chi connectivity index (χ2n) is 7.33. The fourth-order valence-corrected chi connectivity index (χ4v) is 4.84. The predicted octanol–water partition coefficient (Wildman–Crippen LogP) is 4.05. The van der Waals surface area contributed by atoms with E-state index in [1.807, 2.05) is 60.4 Å². The first-order valence-corrected chi connectivity index (χ1v) is 11.0. The molecule has 0 saturated carbocycles. The summed E-state index contributed by atoms with van der Waals surface area (Å²) in [7, 11) is 0. The fourth-order valence-electron chi connectivity index (χ4n) is 3.83. The number of thioether (sulfide) groups is 1. The van der Waals surface area contributed by atoms with E-state index in [9.17, 15) is 9.59 Å². The quantitative estimate of drug-likeness (QED) is 0.473. The third kappa shape index (κ3) is 3.81. The lowest BCUT2D eigenvalue weighted by molar-refractivity contribution is -0.129. The van der Waals surface area contributed by atoms with Gasteiger partial charge in [0.15, 0.2) is 5.16 Å². The Bertz CT molecular complexity index is 1100. The van der Waals surface area contributed by atoms with Crippen molar-refractivity contribution < 1.29 is 4.79 Å². The smallest absolute Gasteiger partial charge is 0.266 e. The SMILES string of the molecule is CCc1ccccc1-n1c(S[C@H](C)C(=O)N2CCCC2)nc2ccccc2c1=O. The minimum atomic E-state index is -0.304. The van der Waals surface area contributed by atoms with Crippen LogP contribution in [0.4, 0.5) is 0 Å². The van der Waals surface area contributed by atoms with Crippen LogP contribution in [0.1, 0.15) is 32.3 Å². The third-order valence-electron chi connectivity index (χ3n) is 5.41. The van der Waals surface area contributed by atoms with Crippen LogP contribution in [0.15, 0.2) is 58.5 Å². The monoisotopic (exact) mass is 407 g/mol. The second-order valence-corrected chi connectivity index (χ2v) is 8.63. The van der Waals surface area contributed by atoms with Crippen LogP contribution in [0.25, 0.3) is 16.6 Å². The van der Waals surface area contributed by atoms with Gasteiger partial charge in [-0.15, -0.1) is 0 Å². The van der Waals surface area contributed by atoms with Gasteiger partial charge in [0.2, 0.25) is 5.91 Å². The van der Waals surface area contributed by atoms with Crippen molar-refractivity contribution in [1.82, 2.24) is 14.5 Å². The minimum absolute atomic E-state index is 0.0974. The molecule has 1 amide bonds. The van der Waals surface area contributed by atoms with Gasteiger partial charge < -0.3 is 4.90 Å². The molecule has 5 nitrogen and oxygen atoms in total. The molecule has 150 valence electrons. The van der Waals surface area contributed by atoms with Crippen molar-refractivity contribution in [1.29, 1.82) is 0 Å². The van der Waals surface area contributed by atoms with Crippen molar-refractivity contribution in [3.05, 3.63) is 64.4 Å². The number of hydrogen-bond donors (Lipinski definition) is 0. The average Bonchev–Trinajstić information content (AvgIpc) is 3.28. The standard InChI is InChI=1S/C23H25N3O2S/c1-3-17-10-4-7-13-20(17)26-22(28)18-11-5-6-12-19(18)24-23(26)29-16(2)21(27)25-14-8-9-15-25/h4-7,10-13,16H,3,8-9,14-15H2,1-2H3/t16-/m1/s1. The lowest BCUT2D eigenvalue weighted by atomic mass is 10.1. The summed E-state index contributed by atoms with van der Waals surface area (Å²) < 4.78 is 1.68. The van der Waals surface area contributed by atoms with Crippen molar-refractivity contribution in [3.63, 3.8) is 0 Å². The van der Waals surface area contributed by atoms with E-state index in [0.717, 1.165) is 43.6 Å². The Labute approximate surface area is 174 Å². The van der Waals surface area contributed by atoms with Gasteiger partial charge in [0.05, 0.1) is 21.8 Å². The lowest BCUT2D eigenvalue weighted by Crippen LogP contribution is -2.34. The molecule has 0 spiro atoms. The summed E-state index contributed by atoms with van der Waals surface area (Å²) in [5.74, 6) is 0.116. The average molecular weight is 408 g/mol. The van der Waals surface area contributed by atoms with E-state index in [2.05, 4.69) is 6.92 Å². The molecule has 0 bridgehead atoms. The number of amides is 1. The predicted molar refractivity (Wildman–Crippen MR) is 118 cm³/mol. The summed E-state index contributed by atoms with van der Waals surface area (Å²) in [4.78, 5) is 33.0. The Kier molecular flexibility index (Phi) is 5.72. The number of rotatable bonds is 5. The molecule has 6 heteroatoms. The molecule has 2 heterocycles. The zero-order valence-electron chi connectivity index (χ0n) is 16.8. The number of likely N-dealkylation sites (tertiary alicyclic amines) is 1. The molecule has 0 radical (unpaired) electrons. The van der Waals surface area contributed by atoms with Crippen molar-refractivity contribution in [2.45, 2.75) is 43.5 Å². The van der Waals surface area contributed by atoms with E-state index in [1.165, 1.54) is 11.8 Å². The molecule has 1 aliphatic heterocycles. The Morgan fingerprint density at radius 2 is 1.79 bits per heavy atom. The van der Waals surface area contributed by atoms with Crippen molar-refractivity contribution in [2.75, 3.05) is 13.1 Å². The molecule has 0 unspecified atom stereocenters. The molecule has 3 aromatic rings. The van der Waals surface area contributed by atoms with E-state index in [0.29, 0.717) is 16.1 Å². The molecular formula is C23H25N3O2S. The highest BCUT2D eigenvalue weighted by atomic mass is 32.2. The fraction of sp³-hybridized carbons (Fsp3) is 0.348. The first-order chi connectivity index (χ1) is 14.1. The van der Waals surface area contributed by atoms with Crippen LogP contribution >= 0.6 is 11.8 Å². The number of fused-ring (bicyclic) bond motifs is 1. The molecule has 1 aromatic heterocycles. The van der Waals surface area contributed by atoms with E-state index in [1.54, 1.807) is 4.57 Å². The summed E-state index contributed by atoms with van der Waals surface area (Å²) in [5, 5.41) is 0.845. The van der Waals surface area contributed by atoms with E-state index in [-0.39, 0.29) is 16.7 Å². The topological polar surface area (TPSA) is 55.2 Å². The highest BCUT2D eigenvalue weighted by Crippen LogP contribution is 2.28. The van der Waals surface area contributed by atoms with Crippen LogP contribution in [0, 0.1) is 0 Å². The second kappa shape index (κ2) is 8.41. The van der Waals surface area contributed by atoms with Gasteiger partial charge >= 0.3 is 0 Å². The number of benzene rings is 2. The lowest BCUT2D eigenvalue weighted by Gasteiger charge is -2.21. The van der Waals surface area contributed by atoms with E-state index < -0.39 is 0 Å². The summed E-state index contributed by atoms with van der Waals surface area (Å²) in [6, 6.07) is 15.3. The van der Waals surface area contributed by atoms with Crippen molar-refractivity contribution in [3.8, 4) is 5.69 Å². The van der Waals surface area contributed by atoms with Gasteiger partial charge in [0.25, 0.3) is 5.56 Å². The molecule has 0 N–H and O–H groups in total. The molecule has 1 fully saturated rings. The first-order valence-electron chi connectivity index (χ1n) is 10.2. The van der Waals surface area contributed by atoms with Gasteiger partial charge in [0, 0.05) is 13.1 Å². The number of aryl methyl sites for hydroxylation is 1. The molecule has 4 rings (SSSR count). The zero-order valence-corrected chi connectivity index (χ0v) is 17.6. The number of carbonyl (C=O) groups is 1. The summed E-state index contributed by atoms with van der Waals surface area (Å²) in [6.07, 6.45) is 2.93. The van der Waals surface area contributed by atoms with E-state index >= 15 is 0 Å². The summed E-state index contributed by atoms with van der Waals surface area (Å²) >= 11 is 1.37. The molecule has 0 aliphatic carbocycles. The Morgan fingerprint density at radius 3 is 2.55 bits per heavy atom. The zero-order chi connectivity index (χ0) is 20.4. The molecular weight excluding hydrogens is 382 g/mol. The highest BCUT2D eigenvalue weighted by Gasteiger charge is 2.26. The van der Waals surface area contributed by atoms with Gasteiger partial charge in [-0.25, -0.2) is 4.98 Å². The maximum atomic E-state index is 13.4. The number of carbonyl (C=O) groups excluding carboxylic acids is 1. The Hall–Kier alpha value is -2.60. The molecule has 1 atom stereocenters. The molecule has 29 heavy (non-hydrogen) atoms. The van der Waals surface area contributed by atoms with Gasteiger partial charge in [-0.2, -0.15) is 0 Å². The van der Waals surface area contributed by atoms with Crippen molar-refractivity contribution >= 4 is 28.6 Å². The van der Waals surface area contributed by atoms with Crippen LogP contribution in [0.2, 0.25) is 0 Å². The van der Waals surface area contributed by atoms with Gasteiger partial charge in [0.1, 0.15) is 0 Å². The maximum absolute atomic E-state index is 13.4. The number of nitrogens with zero attached hydrogens (tertiary/aromatic N) is 3. The Morgan fingerprint density at radius 1 is 1.10 bits per heavy atom. The van der Waals surface area contributed by atoms with Crippen LogP contribution in [0.5, 0.6) is 0 Å². The van der Waals surface area contributed by atoms with Gasteiger partial charge in [-0.1, -0.05) is 49.0 Å². The number of hydrogen-bond acceptors (Lipinski definition) is 4. The maximum Gasteiger partial charge on any atom is 0.266 e. The normalized spacial score (nSPS) is 15.0. The third-order valence-corrected chi connectivity index (χ3v) is 6.45. The highest BCUT2D eigenvalue weighted by molar-refractivity contribution is 8.00. The van der Waals surface area contributed by atoms with E-state index in [4.69, 9.17) is 4.98 Å². The van der Waals surface area contributed by atoms with Crippen LogP contribution in [-0.4, -0.2) is 38.7 Å². The van der Waals surface area contributed by atoms with Crippen LogP contribution in [-0.2, 0) is 11.2 Å². The number of aromatic nitrogens is 2.